The van der Waals surface area contributed by atoms with Crippen LogP contribution in [0.1, 0.15) is 0 Å². The van der Waals surface area contributed by atoms with E-state index >= 15 is 0 Å². The molecule has 1 aliphatic heterocycles. The van der Waals surface area contributed by atoms with E-state index in [4.69, 9.17) is 0 Å². The van der Waals surface area contributed by atoms with Gasteiger partial charge in [0.25, 0.3) is 0 Å². The molecule has 0 saturated heterocycles. The number of thioether (sulfide) groups is 2. The Morgan fingerprint density at radius 3 is 2.50 bits per heavy atom. The highest BCUT2D eigenvalue weighted by Gasteiger charge is 2.15. The van der Waals surface area contributed by atoms with Crippen molar-refractivity contribution in [3.05, 3.63) is 24.3 Å². The second-order valence-electron chi connectivity index (χ2n) is 3.09. The summed E-state index contributed by atoms with van der Waals surface area (Å²) < 4.78 is 0. The summed E-state index contributed by atoms with van der Waals surface area (Å²) in [5, 5.41) is 12.5. The summed E-state index contributed by atoms with van der Waals surface area (Å²) in [6, 6.07) is 8.37. The molecule has 1 aromatic rings. The number of hydrogen-bond donors (Lipinski definition) is 0. The smallest absolute Gasteiger partial charge is 0.193 e. The molecule has 4 nitrogen and oxygen atoms in total. The molecule has 84 valence electrons. The maximum absolute atomic E-state index is 4.01. The van der Waals surface area contributed by atoms with Gasteiger partial charge in [-0.1, -0.05) is 11.8 Å². The Hall–Kier alpha value is -1.01. The predicted molar refractivity (Wildman–Crippen MR) is 71.4 cm³/mol. The Morgan fingerprint density at radius 2 is 1.88 bits per heavy atom. The van der Waals surface area contributed by atoms with E-state index in [0.717, 1.165) is 10.9 Å². The standard InChI is InChI=1S/C10H12N4S2/c1-15-9-5-3-8(4-6-9)14-7-11-13-12-10(14)16-2/h3-6H,7H2,1-2H3. The molecule has 0 radical (unpaired) electrons. The monoisotopic (exact) mass is 252 g/mol. The summed E-state index contributed by atoms with van der Waals surface area (Å²) in [7, 11) is 0. The average molecular weight is 252 g/mol. The van der Waals surface area contributed by atoms with Crippen LogP contribution in [0.3, 0.4) is 0 Å². The molecule has 2 rings (SSSR count). The lowest BCUT2D eigenvalue weighted by Gasteiger charge is -2.23. The molecule has 0 bridgehead atoms. The molecule has 16 heavy (non-hydrogen) atoms. The molecular weight excluding hydrogens is 240 g/mol. The van der Waals surface area contributed by atoms with Gasteiger partial charge in [0.1, 0.15) is 6.67 Å². The molecule has 0 N–H and O–H groups in total. The van der Waals surface area contributed by atoms with Crippen LogP contribution in [0.25, 0.3) is 0 Å². The minimum atomic E-state index is 0.540. The fourth-order valence-electron chi connectivity index (χ4n) is 1.38. The number of hydrogen-bond acceptors (Lipinski definition) is 6. The topological polar surface area (TPSA) is 40.3 Å². The molecule has 0 aromatic heterocycles. The van der Waals surface area contributed by atoms with Gasteiger partial charge in [0.2, 0.25) is 0 Å². The molecular formula is C10H12N4S2. The summed E-state index contributed by atoms with van der Waals surface area (Å²) in [6.07, 6.45) is 4.06. The zero-order chi connectivity index (χ0) is 11.4. The summed E-state index contributed by atoms with van der Waals surface area (Å²) in [6.45, 7) is 0.540. The quantitative estimate of drug-likeness (QED) is 0.758. The molecule has 0 amide bonds. The molecule has 0 aliphatic carbocycles. The molecule has 1 heterocycles. The van der Waals surface area contributed by atoms with Crippen LogP contribution < -0.4 is 4.90 Å². The Bertz CT molecular complexity index is 413. The minimum absolute atomic E-state index is 0.540. The van der Waals surface area contributed by atoms with Gasteiger partial charge in [-0.05, 0) is 42.0 Å². The summed E-state index contributed by atoms with van der Waals surface area (Å²) >= 11 is 3.31. The van der Waals surface area contributed by atoms with Gasteiger partial charge in [0.15, 0.2) is 5.17 Å². The van der Waals surface area contributed by atoms with E-state index in [2.05, 4.69) is 46.0 Å². The van der Waals surface area contributed by atoms with Crippen molar-refractivity contribution in [2.75, 3.05) is 24.1 Å². The third-order valence-electron chi connectivity index (χ3n) is 2.20. The first-order valence-electron chi connectivity index (χ1n) is 4.75. The highest BCUT2D eigenvalue weighted by atomic mass is 32.2. The van der Waals surface area contributed by atoms with Crippen LogP contribution in [-0.4, -0.2) is 24.3 Å². The van der Waals surface area contributed by atoms with Crippen molar-refractivity contribution in [2.45, 2.75) is 4.90 Å². The van der Waals surface area contributed by atoms with Crippen LogP contribution >= 0.6 is 23.5 Å². The van der Waals surface area contributed by atoms with E-state index in [0.29, 0.717) is 6.67 Å². The highest BCUT2D eigenvalue weighted by Crippen LogP contribution is 2.24. The van der Waals surface area contributed by atoms with Gasteiger partial charge in [-0.3, -0.25) is 4.90 Å². The van der Waals surface area contributed by atoms with Crippen molar-refractivity contribution < 1.29 is 0 Å². The lowest BCUT2D eigenvalue weighted by atomic mass is 10.3. The lowest BCUT2D eigenvalue weighted by molar-refractivity contribution is 0.848. The Kier molecular flexibility index (Phi) is 3.84. The molecule has 0 spiro atoms. The first-order chi connectivity index (χ1) is 7.85. The Morgan fingerprint density at radius 1 is 1.12 bits per heavy atom. The van der Waals surface area contributed by atoms with Crippen LogP contribution in [0.4, 0.5) is 5.69 Å². The zero-order valence-electron chi connectivity index (χ0n) is 9.12. The molecule has 0 unspecified atom stereocenters. The second-order valence-corrected chi connectivity index (χ2v) is 4.74. The van der Waals surface area contributed by atoms with E-state index in [9.17, 15) is 0 Å². The van der Waals surface area contributed by atoms with E-state index < -0.39 is 0 Å². The maximum Gasteiger partial charge on any atom is 0.193 e. The third kappa shape index (κ3) is 2.38. The maximum atomic E-state index is 4.01. The first kappa shape index (κ1) is 11.5. The molecule has 1 aromatic carbocycles. The van der Waals surface area contributed by atoms with Gasteiger partial charge in [0, 0.05) is 10.6 Å². The highest BCUT2D eigenvalue weighted by molar-refractivity contribution is 8.13. The van der Waals surface area contributed by atoms with Crippen LogP contribution in [0.5, 0.6) is 0 Å². The van der Waals surface area contributed by atoms with E-state index in [-0.39, 0.29) is 0 Å². The number of rotatable bonds is 2. The fraction of sp³-hybridized carbons (Fsp3) is 0.300. The van der Waals surface area contributed by atoms with E-state index in [1.807, 2.05) is 11.2 Å². The van der Waals surface area contributed by atoms with Crippen molar-refractivity contribution in [3.63, 3.8) is 0 Å². The molecule has 6 heteroatoms. The van der Waals surface area contributed by atoms with Crippen molar-refractivity contribution in [1.82, 2.24) is 0 Å². The summed E-state index contributed by atoms with van der Waals surface area (Å²) in [5.74, 6) is 0. The van der Waals surface area contributed by atoms with Gasteiger partial charge in [-0.15, -0.1) is 22.0 Å². The normalized spacial score (nSPS) is 15.1. The van der Waals surface area contributed by atoms with E-state index in [1.54, 1.807) is 23.5 Å². The van der Waals surface area contributed by atoms with Crippen molar-refractivity contribution in [1.29, 1.82) is 0 Å². The van der Waals surface area contributed by atoms with Crippen LogP contribution in [0.15, 0.2) is 44.6 Å². The summed E-state index contributed by atoms with van der Waals surface area (Å²) in [4.78, 5) is 3.30. The van der Waals surface area contributed by atoms with Crippen molar-refractivity contribution in [2.24, 2.45) is 15.4 Å². The lowest BCUT2D eigenvalue weighted by Crippen LogP contribution is -2.29. The summed E-state index contributed by atoms with van der Waals surface area (Å²) in [5.41, 5.74) is 1.10. The van der Waals surface area contributed by atoms with Crippen molar-refractivity contribution >= 4 is 34.4 Å². The first-order valence-corrected chi connectivity index (χ1v) is 7.20. The molecule has 1 aliphatic rings. The average Bonchev–Trinajstić information content (AvgIpc) is 2.39. The van der Waals surface area contributed by atoms with Gasteiger partial charge in [-0.2, -0.15) is 0 Å². The van der Waals surface area contributed by atoms with Crippen LogP contribution in [-0.2, 0) is 0 Å². The van der Waals surface area contributed by atoms with Gasteiger partial charge < -0.3 is 0 Å². The van der Waals surface area contributed by atoms with E-state index in [1.165, 1.54) is 4.90 Å². The largest absolute Gasteiger partial charge is 0.297 e. The van der Waals surface area contributed by atoms with Crippen molar-refractivity contribution in [3.8, 4) is 0 Å². The number of amidine groups is 1. The fourth-order valence-corrected chi connectivity index (χ4v) is 2.29. The molecule has 0 fully saturated rings. The number of benzene rings is 1. The Labute approximate surface area is 103 Å². The zero-order valence-corrected chi connectivity index (χ0v) is 10.8. The SMILES string of the molecule is CSC1=NN=NCN1c1ccc(SC)cc1. The molecule has 0 atom stereocenters. The van der Waals surface area contributed by atoms with Gasteiger partial charge in [-0.25, -0.2) is 0 Å². The van der Waals surface area contributed by atoms with Gasteiger partial charge >= 0.3 is 0 Å². The molecule has 0 saturated carbocycles. The van der Waals surface area contributed by atoms with Crippen LogP contribution in [0.2, 0.25) is 0 Å². The van der Waals surface area contributed by atoms with Crippen LogP contribution in [0, 0.1) is 0 Å². The number of anilines is 1. The third-order valence-corrected chi connectivity index (χ3v) is 3.61. The minimum Gasteiger partial charge on any atom is -0.297 e. The predicted octanol–water partition coefficient (Wildman–Crippen LogP) is 3.27. The number of nitrogens with zero attached hydrogens (tertiary/aromatic N) is 4. The van der Waals surface area contributed by atoms with Gasteiger partial charge in [0.05, 0.1) is 0 Å². The second kappa shape index (κ2) is 5.36. The Balaban J connectivity index is 2.23.